The van der Waals surface area contributed by atoms with Gasteiger partial charge in [-0.1, -0.05) is 40.6 Å². The number of amides is 1. The summed E-state index contributed by atoms with van der Waals surface area (Å²) >= 11 is 14.0. The van der Waals surface area contributed by atoms with Crippen LogP contribution < -0.4 is 16.0 Å². The largest absolute Gasteiger partial charge is 0.522 e. The van der Waals surface area contributed by atoms with Crippen molar-refractivity contribution in [2.24, 2.45) is 0 Å². The number of fused-ring (bicyclic) bond motifs is 2. The summed E-state index contributed by atoms with van der Waals surface area (Å²) in [6.07, 6.45) is 0.795. The molecule has 0 spiro atoms. The number of halogens is 5. The van der Waals surface area contributed by atoms with Gasteiger partial charge in [-0.05, 0) is 74.0 Å². The van der Waals surface area contributed by atoms with Crippen molar-refractivity contribution in [3.63, 3.8) is 0 Å². The fourth-order valence-electron chi connectivity index (χ4n) is 5.33. The van der Waals surface area contributed by atoms with Crippen LogP contribution in [0.15, 0.2) is 59.0 Å². The smallest absolute Gasteiger partial charge is 0.461 e. The molecule has 5 aromatic rings. The third-order valence-electron chi connectivity index (χ3n) is 7.70. The van der Waals surface area contributed by atoms with E-state index < -0.39 is 15.6 Å². The van der Waals surface area contributed by atoms with Gasteiger partial charge in [0.15, 0.2) is 5.13 Å². The fraction of sp³-hybridized carbons (Fsp3) is 0.290. The number of alkyl halides is 3. The van der Waals surface area contributed by atoms with Crippen molar-refractivity contribution in [2.75, 3.05) is 43.4 Å². The molecule has 256 valence electrons. The van der Waals surface area contributed by atoms with Gasteiger partial charge in [0, 0.05) is 54.3 Å². The van der Waals surface area contributed by atoms with Crippen molar-refractivity contribution in [1.82, 2.24) is 15.2 Å². The van der Waals surface area contributed by atoms with Crippen molar-refractivity contribution < 1.29 is 35.4 Å². The number of aromatic nitrogens is 1. The van der Waals surface area contributed by atoms with E-state index in [2.05, 4.69) is 33.4 Å². The first-order valence-electron chi connectivity index (χ1n) is 14.5. The molecule has 2 aromatic heterocycles. The zero-order valence-electron chi connectivity index (χ0n) is 25.4. The fourth-order valence-corrected chi connectivity index (χ4v) is 6.57. The zero-order valence-corrected chi connectivity index (χ0v) is 28.5. The molecule has 1 saturated heterocycles. The molecule has 1 aliphatic rings. The van der Waals surface area contributed by atoms with Crippen molar-refractivity contribution >= 4 is 82.6 Å². The Morgan fingerprint density at radius 2 is 1.79 bits per heavy atom. The predicted octanol–water partition coefficient (Wildman–Crippen LogP) is 6.93. The van der Waals surface area contributed by atoms with Gasteiger partial charge in [-0.2, -0.15) is 21.6 Å². The minimum absolute atomic E-state index is 0.0322. The molecule has 4 N–H and O–H groups in total. The van der Waals surface area contributed by atoms with Crippen molar-refractivity contribution in [2.45, 2.75) is 25.4 Å². The molecule has 3 aromatic carbocycles. The minimum Gasteiger partial charge on any atom is -0.461 e. The van der Waals surface area contributed by atoms with Gasteiger partial charge in [0.25, 0.3) is 5.91 Å². The molecule has 17 heteroatoms. The second kappa shape index (κ2) is 14.5. The molecule has 1 fully saturated rings. The summed E-state index contributed by atoms with van der Waals surface area (Å²) in [7, 11) is -5.84. The van der Waals surface area contributed by atoms with Gasteiger partial charge < -0.3 is 25.3 Å². The van der Waals surface area contributed by atoms with Crippen LogP contribution in [-0.2, 0) is 23.1 Å². The number of nitrogen functional groups attached to an aromatic ring is 1. The van der Waals surface area contributed by atoms with Crippen molar-refractivity contribution in [3.05, 3.63) is 87.1 Å². The Balaban J connectivity index is 0.000000503. The lowest BCUT2D eigenvalue weighted by atomic mass is 10.0. The van der Waals surface area contributed by atoms with Gasteiger partial charge in [0.2, 0.25) is 0 Å². The summed E-state index contributed by atoms with van der Waals surface area (Å²) < 4.78 is 64.7. The van der Waals surface area contributed by atoms with Gasteiger partial charge >= 0.3 is 15.6 Å². The maximum atomic E-state index is 13.4. The number of hydrogen-bond acceptors (Lipinski definition) is 9. The maximum absolute atomic E-state index is 13.4. The van der Waals surface area contributed by atoms with Crippen LogP contribution in [0.3, 0.4) is 0 Å². The molecule has 0 atom stereocenters. The van der Waals surface area contributed by atoms with E-state index in [-0.39, 0.29) is 5.91 Å². The van der Waals surface area contributed by atoms with Crippen LogP contribution >= 0.6 is 34.5 Å². The number of nitrogens with zero attached hydrogens (tertiary/aromatic N) is 3. The van der Waals surface area contributed by atoms with Crippen LogP contribution in [0.1, 0.15) is 27.2 Å². The number of carbonyl (C=O) groups is 1. The molecule has 48 heavy (non-hydrogen) atoms. The number of thiazole rings is 1. The second-order valence-electron chi connectivity index (χ2n) is 10.9. The highest BCUT2D eigenvalue weighted by molar-refractivity contribution is 7.86. The number of aryl methyl sites for hydroxylation is 1. The molecule has 0 aliphatic carbocycles. The summed E-state index contributed by atoms with van der Waals surface area (Å²) in [5, 5.41) is 6.35. The van der Waals surface area contributed by atoms with Crippen molar-refractivity contribution in [3.8, 4) is 0 Å². The van der Waals surface area contributed by atoms with E-state index in [0.717, 1.165) is 63.3 Å². The third kappa shape index (κ3) is 8.33. The summed E-state index contributed by atoms with van der Waals surface area (Å²) in [4.78, 5) is 21.9. The summed E-state index contributed by atoms with van der Waals surface area (Å²) in [6, 6.07) is 17.5. The highest BCUT2D eigenvalue weighted by Gasteiger charge is 2.44. The highest BCUT2D eigenvalue weighted by atomic mass is 35.5. The van der Waals surface area contributed by atoms with Gasteiger partial charge in [0.05, 0.1) is 20.9 Å². The summed E-state index contributed by atoms with van der Waals surface area (Å²) in [6.45, 7) is 6.16. The number of furan rings is 1. The number of anilines is 2. The van der Waals surface area contributed by atoms with Crippen LogP contribution in [0.5, 0.6) is 0 Å². The average molecular weight is 745 g/mol. The Morgan fingerprint density at radius 1 is 1.08 bits per heavy atom. The van der Waals surface area contributed by atoms with Gasteiger partial charge in [-0.3, -0.25) is 9.35 Å². The number of nitrogens with one attached hydrogen (secondary N) is 1. The van der Waals surface area contributed by atoms with E-state index in [1.54, 1.807) is 6.07 Å². The first-order chi connectivity index (χ1) is 22.6. The first kappa shape index (κ1) is 35.7. The highest BCUT2D eigenvalue weighted by Crippen LogP contribution is 2.31. The molecule has 0 radical (unpaired) electrons. The second-order valence-corrected chi connectivity index (χ2v) is 14.2. The molecule has 0 bridgehead atoms. The standard InChI is InChI=1S/C30H29Cl2N5O2S.CHF3O3S/c1-18-22(8-9-34-17-19-2-7-28-25(14-19)35-30(33)40-28)23-15-20(3-6-27(23)39-18)29(38)37-12-10-36(11-13-37)26-5-4-21(31)16-24(26)32;2-1(3,4)8(5,6)7/h2-7,14-16,34H,8-13,17H2,1H3,(H2,33,35);(H,5,6,7). The number of nitrogens with two attached hydrogens (primary N) is 1. The number of rotatable bonds is 7. The molecular weight excluding hydrogens is 714 g/mol. The quantitative estimate of drug-likeness (QED) is 0.0919. The molecule has 1 aliphatic heterocycles. The third-order valence-corrected chi connectivity index (χ3v) is 9.69. The Labute approximate surface area is 288 Å². The van der Waals surface area contributed by atoms with E-state index in [9.17, 15) is 18.0 Å². The van der Waals surface area contributed by atoms with Crippen LogP contribution in [0.25, 0.3) is 21.2 Å². The van der Waals surface area contributed by atoms with E-state index in [1.165, 1.54) is 11.3 Å². The summed E-state index contributed by atoms with van der Waals surface area (Å²) in [5.41, 5.74) is 5.95. The molecule has 1 amide bonds. The Hall–Kier alpha value is -3.60. The Bertz CT molecular complexity index is 2060. The Morgan fingerprint density at radius 3 is 2.46 bits per heavy atom. The van der Waals surface area contributed by atoms with E-state index in [1.807, 2.05) is 42.2 Å². The minimum atomic E-state index is -5.84. The normalized spacial score (nSPS) is 14.0. The number of hydrogen-bond donors (Lipinski definition) is 3. The topological polar surface area (TPSA) is 142 Å². The van der Waals surface area contributed by atoms with Crippen LogP contribution in [-0.4, -0.2) is 67.0 Å². The molecule has 3 heterocycles. The van der Waals surface area contributed by atoms with Gasteiger partial charge in [-0.25, -0.2) is 4.98 Å². The number of benzene rings is 3. The lowest BCUT2D eigenvalue weighted by molar-refractivity contribution is -0.0510. The SMILES string of the molecule is Cc1oc2ccc(C(=O)N3CCN(c4ccc(Cl)cc4Cl)CC3)cc2c1CCNCc1ccc2sc(N)nc2c1.O=S(=O)(O)C(F)(F)F. The van der Waals surface area contributed by atoms with Crippen LogP contribution in [0.4, 0.5) is 24.0 Å². The zero-order chi connectivity index (χ0) is 34.8. The number of carbonyl (C=O) groups excluding carboxylic acids is 1. The number of piperazine rings is 1. The molecule has 0 unspecified atom stereocenters. The van der Waals surface area contributed by atoms with E-state index >= 15 is 0 Å². The lowest BCUT2D eigenvalue weighted by Gasteiger charge is -2.36. The molecule has 10 nitrogen and oxygen atoms in total. The summed E-state index contributed by atoms with van der Waals surface area (Å²) in [5.74, 6) is 0.916. The van der Waals surface area contributed by atoms with E-state index in [4.69, 9.17) is 46.3 Å². The van der Waals surface area contributed by atoms with Crippen LogP contribution in [0, 0.1) is 6.92 Å². The average Bonchev–Trinajstić information content (AvgIpc) is 3.55. The predicted molar refractivity (Wildman–Crippen MR) is 183 cm³/mol. The van der Waals surface area contributed by atoms with Gasteiger partial charge in [0.1, 0.15) is 11.3 Å². The monoisotopic (exact) mass is 743 g/mol. The maximum Gasteiger partial charge on any atom is 0.522 e. The lowest BCUT2D eigenvalue weighted by Crippen LogP contribution is -2.48. The molecule has 0 saturated carbocycles. The van der Waals surface area contributed by atoms with Crippen molar-refractivity contribution in [1.29, 1.82) is 0 Å². The molecular formula is C31H30Cl2F3N5O5S2. The van der Waals surface area contributed by atoms with Crippen LogP contribution in [0.2, 0.25) is 10.0 Å². The Kier molecular flexibility index (Phi) is 10.8. The van der Waals surface area contributed by atoms with E-state index in [0.29, 0.717) is 46.9 Å². The first-order valence-corrected chi connectivity index (χ1v) is 17.5. The molecule has 6 rings (SSSR count). The van der Waals surface area contributed by atoms with Gasteiger partial charge in [-0.15, -0.1) is 0 Å².